The Labute approximate surface area is 288 Å². The van der Waals surface area contributed by atoms with E-state index < -0.39 is 46.2 Å². The molecular weight excluding hydrogens is 626 g/mol. The van der Waals surface area contributed by atoms with Gasteiger partial charge in [0.1, 0.15) is 28.3 Å². The van der Waals surface area contributed by atoms with Crippen molar-refractivity contribution in [1.29, 1.82) is 5.41 Å². The number of nitrogens with zero attached hydrogens (tertiary/aromatic N) is 1. The smallest absolute Gasteiger partial charge is 0.419 e. The van der Waals surface area contributed by atoms with Crippen LogP contribution >= 0.6 is 0 Å². The molecule has 12 nitrogen and oxygen atoms in total. The number of esters is 1. The Hall–Kier alpha value is -4.87. The fourth-order valence-corrected chi connectivity index (χ4v) is 4.99. The van der Waals surface area contributed by atoms with Crippen LogP contribution in [0.5, 0.6) is 0 Å². The molecule has 0 bridgehead atoms. The Morgan fingerprint density at radius 3 is 1.88 bits per heavy atom. The number of benzene rings is 2. The van der Waals surface area contributed by atoms with Gasteiger partial charge in [-0.15, -0.1) is 0 Å². The molecule has 0 aliphatic rings. The number of aromatic nitrogens is 1. The zero-order chi connectivity index (χ0) is 37.1. The van der Waals surface area contributed by atoms with Crippen LogP contribution in [-0.2, 0) is 26.0 Å². The Bertz CT molecular complexity index is 1730. The van der Waals surface area contributed by atoms with Gasteiger partial charge in [-0.25, -0.2) is 19.0 Å². The van der Waals surface area contributed by atoms with Crippen LogP contribution in [0.1, 0.15) is 114 Å². The van der Waals surface area contributed by atoms with Gasteiger partial charge in [-0.1, -0.05) is 32.0 Å². The van der Waals surface area contributed by atoms with Gasteiger partial charge in [-0.05, 0) is 104 Å². The molecule has 3 aromatic rings. The number of amides is 2. The summed E-state index contributed by atoms with van der Waals surface area (Å²) >= 11 is 0. The van der Waals surface area contributed by atoms with Crippen LogP contribution in [0.4, 0.5) is 9.59 Å². The first kappa shape index (κ1) is 38.6. The van der Waals surface area contributed by atoms with Crippen LogP contribution in [0.15, 0.2) is 42.5 Å². The normalized spacial score (nSPS) is 12.3. The second-order valence-electron chi connectivity index (χ2n) is 15.6. The van der Waals surface area contributed by atoms with Crippen LogP contribution in [0.3, 0.4) is 0 Å². The predicted octanol–water partition coefficient (Wildman–Crippen LogP) is 6.44. The van der Waals surface area contributed by atoms with Crippen molar-refractivity contribution in [2.45, 2.75) is 105 Å². The van der Waals surface area contributed by atoms with Crippen molar-refractivity contribution in [2.24, 2.45) is 5.73 Å². The summed E-state index contributed by atoms with van der Waals surface area (Å²) in [5.41, 5.74) is 5.64. The maximum Gasteiger partial charge on any atom is 0.419 e. The Balaban J connectivity index is 1.80. The fourth-order valence-electron chi connectivity index (χ4n) is 4.99. The summed E-state index contributed by atoms with van der Waals surface area (Å²) in [7, 11) is 0. The summed E-state index contributed by atoms with van der Waals surface area (Å²) in [4.78, 5) is 51.9. The number of carbonyl (C=O) groups excluding carboxylic acids is 4. The average molecular weight is 678 g/mol. The molecule has 2 aromatic carbocycles. The van der Waals surface area contributed by atoms with E-state index in [4.69, 9.17) is 25.4 Å². The second kappa shape index (κ2) is 14.3. The molecule has 0 radical (unpaired) electrons. The first-order valence-electron chi connectivity index (χ1n) is 16.2. The number of nitrogens with two attached hydrogens (primary N) is 1. The van der Waals surface area contributed by atoms with Crippen LogP contribution in [0, 0.1) is 5.41 Å². The van der Waals surface area contributed by atoms with Gasteiger partial charge < -0.3 is 30.6 Å². The highest BCUT2D eigenvalue weighted by Crippen LogP contribution is 2.31. The standard InChI is InChI=1S/C37H51N5O7/c1-34(2,3)47-31(44)27-25-20-22(12-17-26(25)42(28(27)29(38)39)33(46)49-36(7,8)9)18-19-40-30(43)23-13-15-24(16-14-23)37(10,11)21-41-32(45)48-35(4,5)6/h12-17,20H,18-19,21H2,1-11H3,(H3,38,39)(H,40,43)(H,41,45). The minimum absolute atomic E-state index is 0.0153. The topological polar surface area (TPSA) is 175 Å². The fraction of sp³-hybridized carbons (Fsp3) is 0.486. The minimum Gasteiger partial charge on any atom is -0.456 e. The van der Waals surface area contributed by atoms with Gasteiger partial charge in [0.25, 0.3) is 5.91 Å². The van der Waals surface area contributed by atoms with E-state index in [2.05, 4.69) is 10.6 Å². The minimum atomic E-state index is -0.849. The van der Waals surface area contributed by atoms with Gasteiger partial charge in [-0.2, -0.15) is 0 Å². The number of alkyl carbamates (subject to hydrolysis) is 1. The zero-order valence-electron chi connectivity index (χ0n) is 30.5. The quantitative estimate of drug-likeness (QED) is 0.0866. The summed E-state index contributed by atoms with van der Waals surface area (Å²) in [6.07, 6.45) is -0.868. The van der Waals surface area contributed by atoms with Crippen molar-refractivity contribution in [2.75, 3.05) is 13.1 Å². The van der Waals surface area contributed by atoms with Crippen molar-refractivity contribution in [3.8, 4) is 0 Å². The van der Waals surface area contributed by atoms with Crippen molar-refractivity contribution < 1.29 is 33.4 Å². The summed E-state index contributed by atoms with van der Waals surface area (Å²) in [6, 6.07) is 12.4. The lowest BCUT2D eigenvalue weighted by Gasteiger charge is -2.27. The molecule has 5 N–H and O–H groups in total. The number of carbonyl (C=O) groups is 4. The van der Waals surface area contributed by atoms with E-state index in [-0.39, 0.29) is 23.7 Å². The van der Waals surface area contributed by atoms with Crippen molar-refractivity contribution in [3.63, 3.8) is 0 Å². The predicted molar refractivity (Wildman–Crippen MR) is 189 cm³/mol. The molecule has 0 saturated carbocycles. The molecule has 3 rings (SSSR count). The van der Waals surface area contributed by atoms with E-state index in [0.29, 0.717) is 29.4 Å². The van der Waals surface area contributed by atoms with Gasteiger partial charge in [0.15, 0.2) is 0 Å². The van der Waals surface area contributed by atoms with E-state index in [1.165, 1.54) is 0 Å². The molecule has 0 aliphatic carbocycles. The number of fused-ring (bicyclic) bond motifs is 1. The molecule has 0 fully saturated rings. The zero-order valence-corrected chi connectivity index (χ0v) is 30.5. The lowest BCUT2D eigenvalue weighted by Crippen LogP contribution is -2.39. The Morgan fingerprint density at radius 1 is 0.776 bits per heavy atom. The Morgan fingerprint density at radius 2 is 1.35 bits per heavy atom. The van der Waals surface area contributed by atoms with Crippen LogP contribution in [0.25, 0.3) is 10.9 Å². The number of nitrogens with one attached hydrogen (secondary N) is 3. The molecule has 0 atom stereocenters. The summed E-state index contributed by atoms with van der Waals surface area (Å²) in [5, 5.41) is 14.4. The van der Waals surface area contributed by atoms with Crippen LogP contribution in [-0.4, -0.2) is 64.4 Å². The van der Waals surface area contributed by atoms with Gasteiger partial charge in [-0.3, -0.25) is 10.2 Å². The molecule has 0 spiro atoms. The number of hydrogen-bond donors (Lipinski definition) is 4. The van der Waals surface area contributed by atoms with Gasteiger partial charge >= 0.3 is 18.2 Å². The molecule has 49 heavy (non-hydrogen) atoms. The third-order valence-corrected chi connectivity index (χ3v) is 7.17. The number of ether oxygens (including phenoxy) is 3. The number of rotatable bonds is 9. The number of nitrogen functional groups attached to an aromatic ring is 1. The van der Waals surface area contributed by atoms with Crippen molar-refractivity contribution in [1.82, 2.24) is 15.2 Å². The maximum atomic E-state index is 13.5. The summed E-state index contributed by atoms with van der Waals surface area (Å²) in [5.74, 6) is -1.49. The first-order chi connectivity index (χ1) is 22.4. The largest absolute Gasteiger partial charge is 0.456 e. The van der Waals surface area contributed by atoms with E-state index >= 15 is 0 Å². The lowest BCUT2D eigenvalue weighted by atomic mass is 9.84. The van der Waals surface area contributed by atoms with Crippen LogP contribution < -0.4 is 16.4 Å². The highest BCUT2D eigenvalue weighted by atomic mass is 16.6. The average Bonchev–Trinajstić information content (AvgIpc) is 3.29. The molecule has 2 amide bonds. The second-order valence-corrected chi connectivity index (χ2v) is 15.6. The summed E-state index contributed by atoms with van der Waals surface area (Å²) in [6.45, 7) is 20.3. The van der Waals surface area contributed by atoms with Crippen LogP contribution in [0.2, 0.25) is 0 Å². The highest BCUT2D eigenvalue weighted by molar-refractivity contribution is 6.17. The van der Waals surface area contributed by atoms with Gasteiger partial charge in [0, 0.05) is 29.5 Å². The summed E-state index contributed by atoms with van der Waals surface area (Å²) < 4.78 is 17.7. The highest BCUT2D eigenvalue weighted by Gasteiger charge is 2.32. The SMILES string of the molecule is CC(C)(C)OC(=O)NCC(C)(C)c1ccc(C(=O)NCCc2ccc3c(c2)c(C(=O)OC(C)(C)C)c(C(=N)N)n3C(=O)OC(C)(C)C)cc1. The monoisotopic (exact) mass is 677 g/mol. The molecular formula is C37H51N5O7. The Kier molecular flexibility index (Phi) is 11.3. The molecule has 1 heterocycles. The number of hydrogen-bond acceptors (Lipinski definition) is 8. The van der Waals surface area contributed by atoms with Gasteiger partial charge in [0.05, 0.1) is 11.1 Å². The lowest BCUT2D eigenvalue weighted by molar-refractivity contribution is 0.00710. The van der Waals surface area contributed by atoms with E-state index in [1.54, 1.807) is 92.6 Å². The third kappa shape index (κ3) is 10.6. The van der Waals surface area contributed by atoms with Crippen molar-refractivity contribution >= 4 is 40.8 Å². The number of amidine groups is 1. The molecule has 0 aliphatic heterocycles. The molecule has 1 aromatic heterocycles. The first-order valence-corrected chi connectivity index (χ1v) is 16.2. The molecule has 12 heteroatoms. The maximum absolute atomic E-state index is 13.5. The molecule has 0 saturated heterocycles. The van der Waals surface area contributed by atoms with Crippen molar-refractivity contribution in [3.05, 3.63) is 70.4 Å². The molecule has 0 unspecified atom stereocenters. The van der Waals surface area contributed by atoms with E-state index in [9.17, 15) is 19.2 Å². The van der Waals surface area contributed by atoms with E-state index in [1.807, 2.05) is 26.0 Å². The van der Waals surface area contributed by atoms with Gasteiger partial charge in [0.2, 0.25) is 0 Å². The molecule has 266 valence electrons. The third-order valence-electron chi connectivity index (χ3n) is 7.17. The van der Waals surface area contributed by atoms with E-state index in [0.717, 1.165) is 15.7 Å².